The Morgan fingerprint density at radius 3 is 3.00 bits per heavy atom. The van der Waals surface area contributed by atoms with Gasteiger partial charge in [-0.25, -0.2) is 0 Å². The smallest absolute Gasteiger partial charge is 0.225 e. The van der Waals surface area contributed by atoms with Crippen LogP contribution in [0, 0.1) is 12.3 Å². The van der Waals surface area contributed by atoms with E-state index in [2.05, 4.69) is 27.2 Å². The van der Waals surface area contributed by atoms with Gasteiger partial charge in [-0.2, -0.15) is 0 Å². The third-order valence-electron chi connectivity index (χ3n) is 1.64. The fraction of sp³-hybridized carbons (Fsp3) is 0.182. The van der Waals surface area contributed by atoms with Crippen LogP contribution < -0.4 is 5.32 Å². The fourth-order valence-corrected chi connectivity index (χ4v) is 1.49. The zero-order chi connectivity index (χ0) is 10.4. The highest BCUT2D eigenvalue weighted by atomic mass is 79.9. The number of carbonyl (C=O) groups is 1. The van der Waals surface area contributed by atoms with Crippen molar-refractivity contribution in [2.45, 2.75) is 6.42 Å². The van der Waals surface area contributed by atoms with E-state index in [4.69, 9.17) is 6.42 Å². The molecule has 1 aromatic carbocycles. The van der Waals surface area contributed by atoms with Crippen LogP contribution in [-0.2, 0) is 11.2 Å². The highest BCUT2D eigenvalue weighted by Gasteiger charge is 2.01. The third-order valence-corrected chi connectivity index (χ3v) is 2.13. The van der Waals surface area contributed by atoms with E-state index in [1.165, 1.54) is 0 Å². The number of terminal acetylenes is 1. The molecule has 0 unspecified atom stereocenters. The van der Waals surface area contributed by atoms with Gasteiger partial charge in [0.15, 0.2) is 0 Å². The van der Waals surface area contributed by atoms with Gasteiger partial charge in [-0.05, 0) is 17.7 Å². The maximum Gasteiger partial charge on any atom is 0.225 e. The lowest BCUT2D eigenvalue weighted by atomic mass is 10.1. The highest BCUT2D eigenvalue weighted by molar-refractivity contribution is 9.10. The van der Waals surface area contributed by atoms with Crippen molar-refractivity contribution in [2.24, 2.45) is 0 Å². The maximum atomic E-state index is 11.3. The summed E-state index contributed by atoms with van der Waals surface area (Å²) in [6.45, 7) is 0.285. The van der Waals surface area contributed by atoms with Crippen molar-refractivity contribution in [1.82, 2.24) is 5.32 Å². The van der Waals surface area contributed by atoms with Crippen molar-refractivity contribution in [3.05, 3.63) is 34.3 Å². The molecule has 1 rings (SSSR count). The monoisotopic (exact) mass is 251 g/mol. The van der Waals surface area contributed by atoms with E-state index in [1.54, 1.807) is 0 Å². The molecule has 72 valence electrons. The quantitative estimate of drug-likeness (QED) is 0.816. The zero-order valence-corrected chi connectivity index (χ0v) is 9.17. The van der Waals surface area contributed by atoms with Crippen molar-refractivity contribution in [1.29, 1.82) is 0 Å². The van der Waals surface area contributed by atoms with Gasteiger partial charge in [-0.3, -0.25) is 4.79 Å². The lowest BCUT2D eigenvalue weighted by Crippen LogP contribution is -2.25. The first-order valence-electron chi connectivity index (χ1n) is 4.17. The molecule has 0 saturated carbocycles. The summed E-state index contributed by atoms with van der Waals surface area (Å²) in [6.07, 6.45) is 5.38. The number of halogens is 1. The number of amides is 1. The molecule has 0 heterocycles. The van der Waals surface area contributed by atoms with Gasteiger partial charge in [-0.15, -0.1) is 6.42 Å². The lowest BCUT2D eigenvalue weighted by molar-refractivity contribution is -0.120. The summed E-state index contributed by atoms with van der Waals surface area (Å²) >= 11 is 3.34. The number of benzene rings is 1. The Bertz CT molecular complexity index is 368. The summed E-state index contributed by atoms with van der Waals surface area (Å²) in [6, 6.07) is 7.63. The SMILES string of the molecule is C#CCNC(=O)Cc1cccc(Br)c1. The van der Waals surface area contributed by atoms with Crippen molar-refractivity contribution >= 4 is 21.8 Å². The number of rotatable bonds is 3. The van der Waals surface area contributed by atoms with Crippen molar-refractivity contribution < 1.29 is 4.79 Å². The summed E-state index contributed by atoms with van der Waals surface area (Å²) in [5.41, 5.74) is 0.967. The van der Waals surface area contributed by atoms with Gasteiger partial charge in [0.2, 0.25) is 5.91 Å². The van der Waals surface area contributed by atoms with Crippen LogP contribution in [0.3, 0.4) is 0 Å². The highest BCUT2D eigenvalue weighted by Crippen LogP contribution is 2.11. The first-order chi connectivity index (χ1) is 6.72. The molecular weight excluding hydrogens is 242 g/mol. The van der Waals surface area contributed by atoms with Crippen LogP contribution in [0.15, 0.2) is 28.7 Å². The summed E-state index contributed by atoms with van der Waals surface area (Å²) in [5, 5.41) is 2.61. The second-order valence-electron chi connectivity index (χ2n) is 2.79. The van der Waals surface area contributed by atoms with E-state index in [0.717, 1.165) is 10.0 Å². The largest absolute Gasteiger partial charge is 0.345 e. The third kappa shape index (κ3) is 3.63. The van der Waals surface area contributed by atoms with E-state index in [1.807, 2.05) is 24.3 Å². The Hall–Kier alpha value is -1.27. The van der Waals surface area contributed by atoms with Gasteiger partial charge < -0.3 is 5.32 Å². The average Bonchev–Trinajstić information content (AvgIpc) is 2.15. The van der Waals surface area contributed by atoms with Gasteiger partial charge in [0.25, 0.3) is 0 Å². The van der Waals surface area contributed by atoms with Gasteiger partial charge in [0.05, 0.1) is 13.0 Å². The van der Waals surface area contributed by atoms with Gasteiger partial charge in [0, 0.05) is 4.47 Å². The van der Waals surface area contributed by atoms with Crippen molar-refractivity contribution in [3.8, 4) is 12.3 Å². The van der Waals surface area contributed by atoms with Gasteiger partial charge in [0.1, 0.15) is 0 Å². The van der Waals surface area contributed by atoms with Gasteiger partial charge >= 0.3 is 0 Å². The minimum atomic E-state index is -0.0546. The molecule has 0 atom stereocenters. The Morgan fingerprint density at radius 2 is 2.36 bits per heavy atom. The normalized spacial score (nSPS) is 9.14. The predicted molar refractivity (Wildman–Crippen MR) is 59.7 cm³/mol. The van der Waals surface area contributed by atoms with E-state index < -0.39 is 0 Å². The molecule has 1 aromatic rings. The van der Waals surface area contributed by atoms with E-state index in [-0.39, 0.29) is 12.5 Å². The summed E-state index contributed by atoms with van der Waals surface area (Å²) in [4.78, 5) is 11.3. The molecule has 0 saturated heterocycles. The maximum absolute atomic E-state index is 11.3. The summed E-state index contributed by atoms with van der Waals surface area (Å²) in [7, 11) is 0. The molecule has 0 aliphatic rings. The molecular formula is C11H10BrNO. The molecule has 1 N–H and O–H groups in total. The number of nitrogens with one attached hydrogen (secondary N) is 1. The number of carbonyl (C=O) groups excluding carboxylic acids is 1. The minimum Gasteiger partial charge on any atom is -0.345 e. The van der Waals surface area contributed by atoms with Crippen molar-refractivity contribution in [3.63, 3.8) is 0 Å². The molecule has 1 amide bonds. The van der Waals surface area contributed by atoms with Crippen molar-refractivity contribution in [2.75, 3.05) is 6.54 Å². The van der Waals surface area contributed by atoms with E-state index >= 15 is 0 Å². The zero-order valence-electron chi connectivity index (χ0n) is 7.59. The van der Waals surface area contributed by atoms with Crippen LogP contribution in [-0.4, -0.2) is 12.5 Å². The Morgan fingerprint density at radius 1 is 1.57 bits per heavy atom. The lowest BCUT2D eigenvalue weighted by Gasteiger charge is -2.01. The molecule has 2 nitrogen and oxygen atoms in total. The molecule has 0 aromatic heterocycles. The fourth-order valence-electron chi connectivity index (χ4n) is 1.04. The van der Waals surface area contributed by atoms with E-state index in [9.17, 15) is 4.79 Å². The number of hydrogen-bond donors (Lipinski definition) is 1. The molecule has 0 aliphatic carbocycles. The second kappa shape index (κ2) is 5.46. The summed E-state index contributed by atoms with van der Waals surface area (Å²) < 4.78 is 0.972. The molecule has 0 radical (unpaired) electrons. The summed E-state index contributed by atoms with van der Waals surface area (Å²) in [5.74, 6) is 2.30. The molecule has 3 heteroatoms. The molecule has 14 heavy (non-hydrogen) atoms. The molecule has 0 bridgehead atoms. The Kier molecular flexibility index (Phi) is 4.21. The number of hydrogen-bond acceptors (Lipinski definition) is 1. The molecule has 0 fully saturated rings. The Labute approximate surface area is 91.8 Å². The minimum absolute atomic E-state index is 0.0546. The second-order valence-corrected chi connectivity index (χ2v) is 3.70. The van der Waals surface area contributed by atoms with Gasteiger partial charge in [-0.1, -0.05) is 34.0 Å². The van der Waals surface area contributed by atoms with Crippen LogP contribution >= 0.6 is 15.9 Å². The van der Waals surface area contributed by atoms with Crippen LogP contribution in [0.2, 0.25) is 0 Å². The molecule has 0 spiro atoms. The van der Waals surface area contributed by atoms with E-state index in [0.29, 0.717) is 6.42 Å². The average molecular weight is 252 g/mol. The predicted octanol–water partition coefficient (Wildman–Crippen LogP) is 1.74. The molecule has 0 aliphatic heterocycles. The first-order valence-corrected chi connectivity index (χ1v) is 4.96. The topological polar surface area (TPSA) is 29.1 Å². The first kappa shape index (κ1) is 10.8. The Balaban J connectivity index is 2.53. The van der Waals surface area contributed by atoms with Crippen LogP contribution in [0.25, 0.3) is 0 Å². The van der Waals surface area contributed by atoms with Crippen LogP contribution in [0.1, 0.15) is 5.56 Å². The van der Waals surface area contributed by atoms with Crippen LogP contribution in [0.5, 0.6) is 0 Å². The standard InChI is InChI=1S/C11H10BrNO/c1-2-6-13-11(14)8-9-4-3-5-10(12)7-9/h1,3-5,7H,6,8H2,(H,13,14). The van der Waals surface area contributed by atoms with Crippen LogP contribution in [0.4, 0.5) is 0 Å².